The zero-order chi connectivity index (χ0) is 14.4. The molecule has 0 amide bonds. The maximum Gasteiger partial charge on any atom is 0.134 e. The summed E-state index contributed by atoms with van der Waals surface area (Å²) in [6.45, 7) is 0. The minimum Gasteiger partial charge on any atom is -0.496 e. The van der Waals surface area contributed by atoms with Gasteiger partial charge in [-0.2, -0.15) is 0 Å². The molecule has 106 valence electrons. The molecule has 1 aliphatic rings. The van der Waals surface area contributed by atoms with Crippen LogP contribution in [0.5, 0.6) is 5.75 Å². The van der Waals surface area contributed by atoms with E-state index in [1.54, 1.807) is 18.4 Å². The van der Waals surface area contributed by atoms with Crippen LogP contribution in [0.15, 0.2) is 41.8 Å². The molecule has 1 unspecified atom stereocenters. The number of halogens is 1. The molecular formula is C18H15BrOS. The van der Waals surface area contributed by atoms with Gasteiger partial charge in [0.1, 0.15) is 5.75 Å². The average molecular weight is 359 g/mol. The van der Waals surface area contributed by atoms with Gasteiger partial charge in [-0.25, -0.2) is 0 Å². The molecule has 4 rings (SSSR count). The van der Waals surface area contributed by atoms with Crippen molar-refractivity contribution in [1.29, 1.82) is 0 Å². The highest BCUT2D eigenvalue weighted by Crippen LogP contribution is 2.44. The van der Waals surface area contributed by atoms with Crippen LogP contribution < -0.4 is 4.74 Å². The van der Waals surface area contributed by atoms with Gasteiger partial charge in [0.2, 0.25) is 0 Å². The zero-order valence-corrected chi connectivity index (χ0v) is 14.1. The lowest BCUT2D eigenvalue weighted by Crippen LogP contribution is -1.95. The van der Waals surface area contributed by atoms with Crippen molar-refractivity contribution in [1.82, 2.24) is 0 Å². The first kappa shape index (κ1) is 13.4. The van der Waals surface area contributed by atoms with Gasteiger partial charge in [0, 0.05) is 0 Å². The Morgan fingerprint density at radius 1 is 1.10 bits per heavy atom. The van der Waals surface area contributed by atoms with Crippen molar-refractivity contribution in [3.8, 4) is 5.75 Å². The van der Waals surface area contributed by atoms with Crippen LogP contribution in [0.2, 0.25) is 0 Å². The molecule has 0 saturated carbocycles. The van der Waals surface area contributed by atoms with Crippen molar-refractivity contribution in [3.63, 3.8) is 0 Å². The van der Waals surface area contributed by atoms with Crippen LogP contribution in [0.1, 0.15) is 26.4 Å². The zero-order valence-electron chi connectivity index (χ0n) is 11.7. The fourth-order valence-corrected chi connectivity index (χ4v) is 5.10. The van der Waals surface area contributed by atoms with E-state index in [4.69, 9.17) is 4.74 Å². The molecule has 0 radical (unpaired) electrons. The summed E-state index contributed by atoms with van der Waals surface area (Å²) in [5, 5.41) is 4.93. The summed E-state index contributed by atoms with van der Waals surface area (Å²) in [4.78, 5) is 1.41. The van der Waals surface area contributed by atoms with E-state index in [1.807, 2.05) is 6.07 Å². The molecule has 0 bridgehead atoms. The maximum absolute atomic E-state index is 5.48. The highest BCUT2D eigenvalue weighted by atomic mass is 79.9. The van der Waals surface area contributed by atoms with Crippen LogP contribution in [0.4, 0.5) is 0 Å². The molecule has 1 nitrogen and oxygen atoms in total. The van der Waals surface area contributed by atoms with E-state index in [-0.39, 0.29) is 4.83 Å². The second kappa shape index (κ2) is 5.15. The van der Waals surface area contributed by atoms with Gasteiger partial charge in [-0.3, -0.25) is 0 Å². The summed E-state index contributed by atoms with van der Waals surface area (Å²) >= 11 is 5.62. The summed E-state index contributed by atoms with van der Waals surface area (Å²) < 4.78 is 5.48. The van der Waals surface area contributed by atoms with E-state index in [1.165, 1.54) is 45.2 Å². The molecule has 3 aromatic rings. The minimum atomic E-state index is 0.178. The van der Waals surface area contributed by atoms with Crippen LogP contribution in [-0.4, -0.2) is 7.11 Å². The van der Waals surface area contributed by atoms with Crippen molar-refractivity contribution in [2.45, 2.75) is 17.7 Å². The Hall–Kier alpha value is -1.32. The lowest BCUT2D eigenvalue weighted by Gasteiger charge is -2.15. The summed E-state index contributed by atoms with van der Waals surface area (Å²) in [7, 11) is 1.73. The predicted molar refractivity (Wildman–Crippen MR) is 93.0 cm³/mol. The monoisotopic (exact) mass is 358 g/mol. The smallest absolute Gasteiger partial charge is 0.134 e. The average Bonchev–Trinajstić information content (AvgIpc) is 3.15. The number of alkyl halides is 1. The quantitative estimate of drug-likeness (QED) is 0.562. The number of ether oxygens (including phenoxy) is 1. The number of hydrogen-bond donors (Lipinski definition) is 0. The highest BCUT2D eigenvalue weighted by molar-refractivity contribution is 9.09. The topological polar surface area (TPSA) is 9.23 Å². The Kier molecular flexibility index (Phi) is 3.27. The van der Waals surface area contributed by atoms with E-state index in [0.717, 1.165) is 5.75 Å². The Labute approximate surface area is 136 Å². The lowest BCUT2D eigenvalue weighted by molar-refractivity contribution is 0.413. The van der Waals surface area contributed by atoms with Gasteiger partial charge >= 0.3 is 0 Å². The molecule has 0 saturated heterocycles. The van der Waals surface area contributed by atoms with E-state index >= 15 is 0 Å². The summed E-state index contributed by atoms with van der Waals surface area (Å²) in [5.41, 5.74) is 4.31. The third kappa shape index (κ3) is 2.02. The van der Waals surface area contributed by atoms with Gasteiger partial charge < -0.3 is 4.74 Å². The van der Waals surface area contributed by atoms with Crippen LogP contribution in [0.25, 0.3) is 10.8 Å². The number of thiophene rings is 1. The predicted octanol–water partition coefficient (Wildman–Crippen LogP) is 5.49. The van der Waals surface area contributed by atoms with E-state index < -0.39 is 0 Å². The Morgan fingerprint density at radius 3 is 2.71 bits per heavy atom. The third-order valence-corrected chi connectivity index (χ3v) is 6.51. The number of benzene rings is 2. The van der Waals surface area contributed by atoms with Crippen LogP contribution in [0, 0.1) is 0 Å². The fourth-order valence-electron chi connectivity index (χ4n) is 3.29. The van der Waals surface area contributed by atoms with Gasteiger partial charge in [-0.1, -0.05) is 46.3 Å². The van der Waals surface area contributed by atoms with Crippen molar-refractivity contribution in [2.24, 2.45) is 0 Å². The van der Waals surface area contributed by atoms with Crippen molar-refractivity contribution in [3.05, 3.63) is 63.3 Å². The normalized spacial score (nSPS) is 14.6. The Bertz CT molecular complexity index is 811. The molecule has 0 N–H and O–H groups in total. The van der Waals surface area contributed by atoms with Gasteiger partial charge in [0.15, 0.2) is 0 Å². The van der Waals surface area contributed by atoms with E-state index in [9.17, 15) is 0 Å². The first-order valence-electron chi connectivity index (χ1n) is 7.08. The minimum absolute atomic E-state index is 0.178. The number of hydrogen-bond acceptors (Lipinski definition) is 2. The van der Waals surface area contributed by atoms with Crippen LogP contribution in [0.3, 0.4) is 0 Å². The molecule has 0 fully saturated rings. The molecule has 3 heteroatoms. The molecule has 1 aromatic heterocycles. The second-order valence-corrected chi connectivity index (χ2v) is 7.23. The van der Waals surface area contributed by atoms with Crippen LogP contribution in [-0.2, 0) is 12.8 Å². The van der Waals surface area contributed by atoms with Gasteiger partial charge in [-0.05, 0) is 51.8 Å². The van der Waals surface area contributed by atoms with Crippen molar-refractivity contribution < 1.29 is 4.74 Å². The molecule has 0 spiro atoms. The SMILES string of the molecule is COc1ccsc1C(Br)c1ccc2c3c(cccc13)CC2. The van der Waals surface area contributed by atoms with Gasteiger partial charge in [0.25, 0.3) is 0 Å². The number of methoxy groups -OCH3 is 1. The first-order valence-corrected chi connectivity index (χ1v) is 8.88. The molecule has 0 aliphatic heterocycles. The molecular weight excluding hydrogens is 344 g/mol. The number of aryl methyl sites for hydroxylation is 2. The molecule has 1 atom stereocenters. The third-order valence-electron chi connectivity index (χ3n) is 4.29. The Morgan fingerprint density at radius 2 is 1.90 bits per heavy atom. The maximum atomic E-state index is 5.48. The standard InChI is InChI=1S/C18H15BrOS/c1-20-15-9-10-21-18(15)17(19)14-8-7-12-6-5-11-3-2-4-13(14)16(11)12/h2-4,7-10,17H,5-6H2,1H3. The number of rotatable bonds is 3. The summed E-state index contributed by atoms with van der Waals surface area (Å²) in [5.74, 6) is 0.963. The second-order valence-electron chi connectivity index (χ2n) is 5.37. The molecule has 1 heterocycles. The largest absolute Gasteiger partial charge is 0.496 e. The summed E-state index contributed by atoms with van der Waals surface area (Å²) in [6, 6.07) is 13.3. The van der Waals surface area contributed by atoms with E-state index in [0.29, 0.717) is 0 Å². The lowest BCUT2D eigenvalue weighted by atomic mass is 9.97. The fraction of sp³-hybridized carbons (Fsp3) is 0.222. The highest BCUT2D eigenvalue weighted by Gasteiger charge is 2.22. The summed E-state index contributed by atoms with van der Waals surface area (Å²) in [6.07, 6.45) is 2.34. The first-order chi connectivity index (χ1) is 10.3. The van der Waals surface area contributed by atoms with Gasteiger partial charge in [0.05, 0.1) is 16.8 Å². The van der Waals surface area contributed by atoms with Crippen molar-refractivity contribution >= 4 is 38.0 Å². The van der Waals surface area contributed by atoms with Crippen LogP contribution >= 0.6 is 27.3 Å². The molecule has 2 aromatic carbocycles. The molecule has 21 heavy (non-hydrogen) atoms. The molecule has 1 aliphatic carbocycles. The van der Waals surface area contributed by atoms with Crippen molar-refractivity contribution in [2.75, 3.05) is 7.11 Å². The van der Waals surface area contributed by atoms with E-state index in [2.05, 4.69) is 51.6 Å². The van der Waals surface area contributed by atoms with Gasteiger partial charge in [-0.15, -0.1) is 11.3 Å². The Balaban J connectivity index is 1.92.